The van der Waals surface area contributed by atoms with Gasteiger partial charge in [-0.3, -0.25) is 4.79 Å². The monoisotopic (exact) mass is 401 g/mol. The number of hydrogen-bond acceptors (Lipinski definition) is 2. The van der Waals surface area contributed by atoms with Crippen LogP contribution in [0.5, 0.6) is 0 Å². The number of carbonyl (C=O) groups is 1. The van der Waals surface area contributed by atoms with Gasteiger partial charge in [0.05, 0.1) is 13.1 Å². The van der Waals surface area contributed by atoms with Crippen molar-refractivity contribution in [3.05, 3.63) is 19.2 Å². The molecule has 0 bridgehead atoms. The van der Waals surface area contributed by atoms with E-state index in [1.165, 1.54) is 11.3 Å². The molecule has 1 rings (SSSR count). The molecule has 17 heavy (non-hydrogen) atoms. The van der Waals surface area contributed by atoms with Crippen LogP contribution in [-0.2, 0) is 0 Å². The highest BCUT2D eigenvalue weighted by atomic mass is 79.9. The first kappa shape index (κ1) is 15.5. The van der Waals surface area contributed by atoms with Gasteiger partial charge in [-0.25, -0.2) is 0 Å². The van der Waals surface area contributed by atoms with Gasteiger partial charge in [0.1, 0.15) is 0 Å². The first-order chi connectivity index (χ1) is 7.93. The Labute approximate surface area is 127 Å². The predicted molar refractivity (Wildman–Crippen MR) is 81.1 cm³/mol. The lowest BCUT2D eigenvalue weighted by Gasteiger charge is -2.17. The van der Waals surface area contributed by atoms with Gasteiger partial charge in [-0.1, -0.05) is 13.8 Å². The van der Waals surface area contributed by atoms with Crippen molar-refractivity contribution in [3.8, 4) is 0 Å². The van der Waals surface area contributed by atoms with Gasteiger partial charge < -0.3 is 5.32 Å². The Morgan fingerprint density at radius 3 is 2.59 bits per heavy atom. The third-order valence-corrected chi connectivity index (χ3v) is 4.89. The Morgan fingerprint density at radius 1 is 1.53 bits per heavy atom. The van der Waals surface area contributed by atoms with Crippen molar-refractivity contribution in [2.24, 2.45) is 5.92 Å². The minimum absolute atomic E-state index is 0.0229. The van der Waals surface area contributed by atoms with Crippen molar-refractivity contribution >= 4 is 60.7 Å². The number of rotatable bonds is 5. The minimum Gasteiger partial charge on any atom is -0.348 e. The van der Waals surface area contributed by atoms with Crippen LogP contribution >= 0.6 is 54.8 Å². The van der Waals surface area contributed by atoms with E-state index < -0.39 is 0 Å². The molecular formula is C11H14Br2ClNOS. The summed E-state index contributed by atoms with van der Waals surface area (Å²) in [5.41, 5.74) is 0.653. The van der Waals surface area contributed by atoms with Crippen molar-refractivity contribution in [3.63, 3.8) is 0 Å². The molecule has 0 fully saturated rings. The Balaban J connectivity index is 2.67. The summed E-state index contributed by atoms with van der Waals surface area (Å²) in [5, 5.41) is 2.95. The lowest BCUT2D eigenvalue weighted by atomic mass is 10.1. The maximum absolute atomic E-state index is 12.0. The van der Waals surface area contributed by atoms with Gasteiger partial charge in [-0.15, -0.1) is 22.9 Å². The second-order valence-electron chi connectivity index (χ2n) is 4.19. The fourth-order valence-electron chi connectivity index (χ4n) is 1.49. The van der Waals surface area contributed by atoms with Crippen LogP contribution in [0.3, 0.4) is 0 Å². The van der Waals surface area contributed by atoms with Crippen LogP contribution in [-0.4, -0.2) is 17.8 Å². The van der Waals surface area contributed by atoms with Crippen molar-refractivity contribution < 1.29 is 4.79 Å². The highest BCUT2D eigenvalue weighted by molar-refractivity contribution is 9.12. The lowest BCUT2D eigenvalue weighted by molar-refractivity contribution is 0.0936. The molecule has 1 aromatic rings. The van der Waals surface area contributed by atoms with E-state index in [1.54, 1.807) is 0 Å². The fourth-order valence-corrected chi connectivity index (χ4v) is 4.48. The summed E-state index contributed by atoms with van der Waals surface area (Å²) in [5.74, 6) is 0.870. The third-order valence-electron chi connectivity index (χ3n) is 2.18. The molecule has 1 amide bonds. The summed E-state index contributed by atoms with van der Waals surface area (Å²) in [6.07, 6.45) is 0.887. The molecule has 0 aliphatic heterocycles. The molecule has 0 aromatic carbocycles. The molecular weight excluding hydrogens is 389 g/mol. The third kappa shape index (κ3) is 4.89. The van der Waals surface area contributed by atoms with E-state index in [0.717, 1.165) is 14.0 Å². The number of nitrogens with one attached hydrogen (secondary N) is 1. The normalized spacial score (nSPS) is 12.8. The highest BCUT2D eigenvalue weighted by Crippen LogP contribution is 2.31. The summed E-state index contributed by atoms with van der Waals surface area (Å²) in [7, 11) is 0. The van der Waals surface area contributed by atoms with Crippen LogP contribution < -0.4 is 5.32 Å². The van der Waals surface area contributed by atoms with E-state index in [1.807, 2.05) is 6.07 Å². The van der Waals surface area contributed by atoms with Crippen LogP contribution in [0.15, 0.2) is 13.6 Å². The van der Waals surface area contributed by atoms with Gasteiger partial charge in [0, 0.05) is 11.9 Å². The zero-order valence-corrected chi connectivity index (χ0v) is 14.3. The molecule has 0 saturated carbocycles. The number of halogens is 3. The minimum atomic E-state index is -0.0786. The summed E-state index contributed by atoms with van der Waals surface area (Å²) >= 11 is 14.1. The molecule has 0 aliphatic rings. The number of hydrogen-bond donors (Lipinski definition) is 1. The Morgan fingerprint density at radius 2 is 2.18 bits per heavy atom. The number of thiophene rings is 1. The van der Waals surface area contributed by atoms with Gasteiger partial charge in [0.15, 0.2) is 0 Å². The largest absolute Gasteiger partial charge is 0.348 e. The summed E-state index contributed by atoms with van der Waals surface area (Å²) in [6.45, 7) is 4.23. The van der Waals surface area contributed by atoms with E-state index in [0.29, 0.717) is 17.4 Å². The maximum atomic E-state index is 12.0. The second-order valence-corrected chi connectivity index (χ2v) is 8.25. The SMILES string of the molecule is CC(C)CC(CCl)NC(=O)c1cc(Br)sc1Br. The number of alkyl halides is 1. The molecule has 0 radical (unpaired) electrons. The molecule has 1 atom stereocenters. The molecule has 96 valence electrons. The average molecular weight is 404 g/mol. The van der Waals surface area contributed by atoms with E-state index in [9.17, 15) is 4.79 Å². The topological polar surface area (TPSA) is 29.1 Å². The maximum Gasteiger partial charge on any atom is 0.253 e. The Bertz CT molecular complexity index is 395. The first-order valence-corrected chi connectivity index (χ1v) is 8.19. The van der Waals surface area contributed by atoms with Crippen molar-refractivity contribution in [2.45, 2.75) is 26.3 Å². The zero-order valence-electron chi connectivity index (χ0n) is 9.60. The van der Waals surface area contributed by atoms with Crippen LogP contribution in [0.1, 0.15) is 30.6 Å². The summed E-state index contributed by atoms with van der Waals surface area (Å²) in [6, 6.07) is 1.83. The quantitative estimate of drug-likeness (QED) is 0.712. The van der Waals surface area contributed by atoms with Crippen LogP contribution in [0.25, 0.3) is 0 Å². The van der Waals surface area contributed by atoms with E-state index in [-0.39, 0.29) is 11.9 Å². The highest BCUT2D eigenvalue weighted by Gasteiger charge is 2.18. The average Bonchev–Trinajstić information content (AvgIpc) is 2.56. The van der Waals surface area contributed by atoms with Crippen molar-refractivity contribution in [1.29, 1.82) is 0 Å². The molecule has 0 aliphatic carbocycles. The summed E-state index contributed by atoms with van der Waals surface area (Å²) in [4.78, 5) is 12.0. The fraction of sp³-hybridized carbons (Fsp3) is 0.545. The molecule has 1 heterocycles. The molecule has 1 N–H and O–H groups in total. The smallest absolute Gasteiger partial charge is 0.253 e. The molecule has 0 saturated heterocycles. The molecule has 1 aromatic heterocycles. The van der Waals surface area contributed by atoms with Gasteiger partial charge in [0.2, 0.25) is 0 Å². The zero-order chi connectivity index (χ0) is 13.0. The van der Waals surface area contributed by atoms with Crippen molar-refractivity contribution in [1.82, 2.24) is 5.32 Å². The predicted octanol–water partition coefficient (Wildman–Crippen LogP) is 4.66. The van der Waals surface area contributed by atoms with E-state index in [2.05, 4.69) is 51.0 Å². The van der Waals surface area contributed by atoms with Gasteiger partial charge in [0.25, 0.3) is 5.91 Å². The summed E-state index contributed by atoms with van der Waals surface area (Å²) < 4.78 is 1.76. The van der Waals surface area contributed by atoms with Gasteiger partial charge >= 0.3 is 0 Å². The molecule has 2 nitrogen and oxygen atoms in total. The second kappa shape index (κ2) is 7.12. The molecule has 6 heteroatoms. The Hall–Kier alpha value is 0.420. The number of amides is 1. The van der Waals surface area contributed by atoms with E-state index >= 15 is 0 Å². The molecule has 1 unspecified atom stereocenters. The molecule has 0 spiro atoms. The van der Waals surface area contributed by atoms with Crippen LogP contribution in [0, 0.1) is 5.92 Å². The van der Waals surface area contributed by atoms with Gasteiger partial charge in [-0.2, -0.15) is 0 Å². The van der Waals surface area contributed by atoms with Crippen LogP contribution in [0.2, 0.25) is 0 Å². The Kier molecular flexibility index (Phi) is 6.48. The van der Waals surface area contributed by atoms with Crippen molar-refractivity contribution in [2.75, 3.05) is 5.88 Å². The lowest BCUT2D eigenvalue weighted by Crippen LogP contribution is -2.37. The first-order valence-electron chi connectivity index (χ1n) is 5.25. The van der Waals surface area contributed by atoms with Gasteiger partial charge in [-0.05, 0) is 50.3 Å². The standard InChI is InChI=1S/C11H14Br2ClNOS/c1-6(2)3-7(5-14)15-11(16)8-4-9(12)17-10(8)13/h4,6-7H,3,5H2,1-2H3,(H,15,16). The van der Waals surface area contributed by atoms with Crippen LogP contribution in [0.4, 0.5) is 0 Å². The number of carbonyl (C=O) groups excluding carboxylic acids is 1. The van der Waals surface area contributed by atoms with E-state index in [4.69, 9.17) is 11.6 Å².